The highest BCUT2D eigenvalue weighted by Crippen LogP contribution is 1.94. The van der Waals surface area contributed by atoms with Gasteiger partial charge in [0.2, 0.25) is 0 Å². The standard InChI is InChI=1S/C3HClN3/c4-3-1-2-5-7-6-3/h1H. The van der Waals surface area contributed by atoms with Crippen molar-refractivity contribution in [2.75, 3.05) is 0 Å². The molecular formula is C3HClN3. The average molecular weight is 115 g/mol. The summed E-state index contributed by atoms with van der Waals surface area (Å²) in [5, 5.41) is 10.1. The Morgan fingerprint density at radius 3 is 2.86 bits per heavy atom. The van der Waals surface area contributed by atoms with Crippen LogP contribution in [0.2, 0.25) is 5.15 Å². The number of rotatable bonds is 0. The van der Waals surface area contributed by atoms with Gasteiger partial charge in [-0.15, -0.1) is 10.2 Å². The van der Waals surface area contributed by atoms with Gasteiger partial charge in [0.15, 0.2) is 5.15 Å². The molecule has 0 amide bonds. The second-order valence-electron chi connectivity index (χ2n) is 0.886. The van der Waals surface area contributed by atoms with Crippen LogP contribution in [-0.4, -0.2) is 15.4 Å². The summed E-state index contributed by atoms with van der Waals surface area (Å²) in [7, 11) is 0. The van der Waals surface area contributed by atoms with Crippen molar-refractivity contribution in [3.63, 3.8) is 0 Å². The molecule has 0 unspecified atom stereocenters. The summed E-state index contributed by atoms with van der Waals surface area (Å²) in [6.07, 6.45) is 2.41. The molecule has 1 rings (SSSR count). The molecule has 7 heavy (non-hydrogen) atoms. The van der Waals surface area contributed by atoms with E-state index in [2.05, 4.69) is 21.6 Å². The van der Waals surface area contributed by atoms with Crippen molar-refractivity contribution in [3.8, 4) is 0 Å². The predicted molar refractivity (Wildman–Crippen MR) is 23.7 cm³/mol. The summed E-state index contributed by atoms with van der Waals surface area (Å²) < 4.78 is 0. The predicted octanol–water partition coefficient (Wildman–Crippen LogP) is 0.325. The largest absolute Gasteiger partial charge is 0.155 e. The molecule has 3 nitrogen and oxygen atoms in total. The average Bonchev–Trinajstić information content (AvgIpc) is 1.69. The topological polar surface area (TPSA) is 38.7 Å². The Hall–Kier alpha value is -0.700. The van der Waals surface area contributed by atoms with Crippen LogP contribution in [0.15, 0.2) is 6.07 Å². The third-order valence-corrected chi connectivity index (χ3v) is 0.611. The Bertz CT molecular complexity index is 140. The molecule has 0 aliphatic carbocycles. The minimum absolute atomic E-state index is 0.315. The zero-order valence-corrected chi connectivity index (χ0v) is 4.05. The van der Waals surface area contributed by atoms with Crippen molar-refractivity contribution < 1.29 is 0 Å². The summed E-state index contributed by atoms with van der Waals surface area (Å²) in [4.78, 5) is 0. The highest BCUT2D eigenvalue weighted by molar-refractivity contribution is 6.29. The summed E-state index contributed by atoms with van der Waals surface area (Å²) in [6.45, 7) is 0. The Balaban J connectivity index is 3.02. The van der Waals surface area contributed by atoms with Crippen molar-refractivity contribution in [2.24, 2.45) is 0 Å². The van der Waals surface area contributed by atoms with E-state index in [1.165, 1.54) is 6.07 Å². The fourth-order valence-electron chi connectivity index (χ4n) is 0.202. The zero-order valence-electron chi connectivity index (χ0n) is 3.30. The molecule has 0 saturated heterocycles. The normalized spacial score (nSPS) is 8.71. The Morgan fingerprint density at radius 1 is 1.71 bits per heavy atom. The van der Waals surface area contributed by atoms with Crippen molar-refractivity contribution in [1.82, 2.24) is 15.4 Å². The van der Waals surface area contributed by atoms with Crippen molar-refractivity contribution >= 4 is 11.6 Å². The van der Waals surface area contributed by atoms with E-state index in [9.17, 15) is 0 Å². The number of halogens is 1. The number of hydrogen-bond acceptors (Lipinski definition) is 3. The molecular weight excluding hydrogens is 114 g/mol. The molecule has 0 aliphatic heterocycles. The van der Waals surface area contributed by atoms with Crippen molar-refractivity contribution in [2.45, 2.75) is 0 Å². The lowest BCUT2D eigenvalue weighted by Crippen LogP contribution is -1.82. The smallest absolute Gasteiger partial charge is 0.128 e. The van der Waals surface area contributed by atoms with Crippen LogP contribution in [0.4, 0.5) is 0 Å². The second kappa shape index (κ2) is 1.84. The monoisotopic (exact) mass is 114 g/mol. The van der Waals surface area contributed by atoms with E-state index >= 15 is 0 Å². The summed E-state index contributed by atoms with van der Waals surface area (Å²) in [6, 6.07) is 1.44. The molecule has 0 bridgehead atoms. The van der Waals surface area contributed by atoms with E-state index in [0.717, 1.165) is 0 Å². The van der Waals surface area contributed by atoms with E-state index in [-0.39, 0.29) is 0 Å². The highest BCUT2D eigenvalue weighted by Gasteiger charge is 1.80. The van der Waals surface area contributed by atoms with Crippen molar-refractivity contribution in [3.05, 3.63) is 17.4 Å². The van der Waals surface area contributed by atoms with E-state index < -0.39 is 0 Å². The van der Waals surface area contributed by atoms with Gasteiger partial charge in [-0.1, -0.05) is 11.6 Å². The minimum atomic E-state index is 0.315. The van der Waals surface area contributed by atoms with Gasteiger partial charge in [0.25, 0.3) is 0 Å². The van der Waals surface area contributed by atoms with E-state index in [4.69, 9.17) is 11.6 Å². The van der Waals surface area contributed by atoms with Gasteiger partial charge in [0, 0.05) is 6.07 Å². The summed E-state index contributed by atoms with van der Waals surface area (Å²) >= 11 is 5.29. The molecule has 35 valence electrons. The molecule has 0 spiro atoms. The molecule has 0 N–H and O–H groups in total. The molecule has 4 heteroatoms. The van der Waals surface area contributed by atoms with Gasteiger partial charge in [-0.2, -0.15) is 0 Å². The Labute approximate surface area is 45.3 Å². The Morgan fingerprint density at radius 2 is 2.57 bits per heavy atom. The minimum Gasteiger partial charge on any atom is -0.128 e. The molecule has 0 aromatic carbocycles. The quantitative estimate of drug-likeness (QED) is 0.488. The molecule has 1 aromatic heterocycles. The van der Waals surface area contributed by atoms with Crippen LogP contribution < -0.4 is 0 Å². The van der Waals surface area contributed by atoms with E-state index in [0.29, 0.717) is 5.15 Å². The first kappa shape index (κ1) is 4.46. The SMILES string of the molecule is Clc1c[c]nnn1. The lowest BCUT2D eigenvalue weighted by molar-refractivity contribution is 0.860. The van der Waals surface area contributed by atoms with Crippen LogP contribution in [0.25, 0.3) is 0 Å². The first-order valence-electron chi connectivity index (χ1n) is 1.61. The van der Waals surface area contributed by atoms with Gasteiger partial charge >= 0.3 is 0 Å². The Kier molecular flexibility index (Phi) is 1.17. The van der Waals surface area contributed by atoms with Gasteiger partial charge < -0.3 is 0 Å². The lowest BCUT2D eigenvalue weighted by atomic mass is 10.7. The van der Waals surface area contributed by atoms with Gasteiger partial charge in [-0.25, -0.2) is 0 Å². The lowest BCUT2D eigenvalue weighted by Gasteiger charge is -1.76. The molecule has 0 atom stereocenters. The van der Waals surface area contributed by atoms with Gasteiger partial charge in [0.05, 0.1) is 0 Å². The number of aromatic nitrogens is 3. The third kappa shape index (κ3) is 1.08. The van der Waals surface area contributed by atoms with Crippen molar-refractivity contribution in [1.29, 1.82) is 0 Å². The molecule has 0 fully saturated rings. The van der Waals surface area contributed by atoms with Crippen LogP contribution in [0, 0.1) is 6.20 Å². The molecule has 1 aromatic rings. The van der Waals surface area contributed by atoms with E-state index in [1.54, 1.807) is 0 Å². The fourth-order valence-corrected chi connectivity index (χ4v) is 0.285. The molecule has 1 heterocycles. The van der Waals surface area contributed by atoms with Crippen LogP contribution in [0.3, 0.4) is 0 Å². The molecule has 0 saturated carbocycles. The van der Waals surface area contributed by atoms with Crippen LogP contribution >= 0.6 is 11.6 Å². The van der Waals surface area contributed by atoms with Crippen LogP contribution in [-0.2, 0) is 0 Å². The fraction of sp³-hybridized carbons (Fsp3) is 0. The molecule has 0 aliphatic rings. The van der Waals surface area contributed by atoms with E-state index in [1.807, 2.05) is 0 Å². The second-order valence-corrected chi connectivity index (χ2v) is 1.27. The zero-order chi connectivity index (χ0) is 5.11. The third-order valence-electron chi connectivity index (χ3n) is 0.426. The molecule has 1 radical (unpaired) electrons. The number of hydrogen-bond donors (Lipinski definition) is 0. The van der Waals surface area contributed by atoms with Crippen LogP contribution in [0.1, 0.15) is 0 Å². The van der Waals surface area contributed by atoms with Gasteiger partial charge in [-0.3, -0.25) is 0 Å². The summed E-state index contributed by atoms with van der Waals surface area (Å²) in [5.74, 6) is 0. The maximum Gasteiger partial charge on any atom is 0.155 e. The van der Waals surface area contributed by atoms with Crippen LogP contribution in [0.5, 0.6) is 0 Å². The summed E-state index contributed by atoms with van der Waals surface area (Å²) in [5.41, 5.74) is 0. The highest BCUT2D eigenvalue weighted by atomic mass is 35.5. The first-order valence-corrected chi connectivity index (χ1v) is 1.99. The van der Waals surface area contributed by atoms with Gasteiger partial charge in [-0.05, 0) is 5.21 Å². The first-order chi connectivity index (χ1) is 3.39. The maximum atomic E-state index is 5.29. The van der Waals surface area contributed by atoms with Gasteiger partial charge in [0.1, 0.15) is 6.20 Å². The number of nitrogens with zero attached hydrogens (tertiary/aromatic N) is 3. The maximum absolute atomic E-state index is 5.29.